The lowest BCUT2D eigenvalue weighted by molar-refractivity contribution is 0.206. The maximum atomic E-state index is 6.09. The highest BCUT2D eigenvalue weighted by atomic mass is 35.5. The van der Waals surface area contributed by atoms with Crippen LogP contribution in [0.25, 0.3) is 0 Å². The molecule has 1 aromatic carbocycles. The summed E-state index contributed by atoms with van der Waals surface area (Å²) in [4.78, 5) is 6.56. The molecule has 0 N–H and O–H groups in total. The van der Waals surface area contributed by atoms with Crippen LogP contribution in [-0.4, -0.2) is 41.8 Å². The second-order valence-electron chi connectivity index (χ2n) is 4.64. The topological polar surface area (TPSA) is 9.72 Å². The van der Waals surface area contributed by atoms with Crippen molar-refractivity contribution in [1.82, 2.24) is 9.80 Å². The van der Waals surface area contributed by atoms with Gasteiger partial charge < -0.3 is 9.80 Å². The number of halogens is 1. The first-order valence-electron chi connectivity index (χ1n) is 6.04. The first-order valence-corrected chi connectivity index (χ1v) is 6.82. The predicted molar refractivity (Wildman–Crippen MR) is 81.1 cm³/mol. The van der Waals surface area contributed by atoms with Gasteiger partial charge in [0.05, 0.1) is 13.3 Å². The Morgan fingerprint density at radius 2 is 2.06 bits per heavy atom. The molecule has 0 bridgehead atoms. The van der Waals surface area contributed by atoms with E-state index in [9.17, 15) is 0 Å². The Balaban J connectivity index is 2.36. The average Bonchev–Trinajstić information content (AvgIpc) is 2.35. The summed E-state index contributed by atoms with van der Waals surface area (Å²) in [5.74, 6) is 0. The third kappa shape index (κ3) is 2.60. The monoisotopic (exact) mass is 283 g/mol. The fourth-order valence-corrected chi connectivity index (χ4v) is 2.67. The normalized spacial score (nSPS) is 17.4. The number of benzene rings is 1. The van der Waals surface area contributed by atoms with E-state index in [1.54, 1.807) is 0 Å². The van der Waals surface area contributed by atoms with Crippen molar-refractivity contribution in [1.29, 1.82) is 0 Å². The summed E-state index contributed by atoms with van der Waals surface area (Å²) in [7, 11) is 2.09. The van der Waals surface area contributed by atoms with Gasteiger partial charge in [-0.25, -0.2) is 0 Å². The van der Waals surface area contributed by atoms with Gasteiger partial charge in [0, 0.05) is 17.3 Å². The zero-order valence-corrected chi connectivity index (χ0v) is 12.6. The van der Waals surface area contributed by atoms with Crippen LogP contribution in [0.3, 0.4) is 0 Å². The van der Waals surface area contributed by atoms with Crippen LogP contribution >= 0.6 is 23.8 Å². The molecular formula is C13H18ClN3S. The quantitative estimate of drug-likeness (QED) is 0.772. The number of hydrogen-bond acceptors (Lipinski definition) is 2. The number of rotatable bonds is 2. The van der Waals surface area contributed by atoms with Gasteiger partial charge in [-0.05, 0) is 50.8 Å². The summed E-state index contributed by atoms with van der Waals surface area (Å²) in [5.41, 5.74) is 2.28. The van der Waals surface area contributed by atoms with E-state index in [-0.39, 0.29) is 0 Å². The summed E-state index contributed by atoms with van der Waals surface area (Å²) >= 11 is 11.7. The Labute approximate surface area is 119 Å². The molecule has 1 fully saturated rings. The minimum absolute atomic E-state index is 0.745. The highest BCUT2D eigenvalue weighted by Gasteiger charge is 2.26. The van der Waals surface area contributed by atoms with Crippen molar-refractivity contribution in [3.8, 4) is 0 Å². The zero-order chi connectivity index (χ0) is 13.3. The Hall–Kier alpha value is -0.840. The molecule has 0 unspecified atom stereocenters. The Bertz CT molecular complexity index is 464. The van der Waals surface area contributed by atoms with Gasteiger partial charge in [0.1, 0.15) is 0 Å². The van der Waals surface area contributed by atoms with Crippen LogP contribution in [0, 0.1) is 6.92 Å². The van der Waals surface area contributed by atoms with Gasteiger partial charge in [-0.2, -0.15) is 0 Å². The van der Waals surface area contributed by atoms with Crippen molar-refractivity contribution in [3.63, 3.8) is 0 Å². The van der Waals surface area contributed by atoms with E-state index in [1.807, 2.05) is 18.2 Å². The maximum absolute atomic E-state index is 6.09. The highest BCUT2D eigenvalue weighted by Crippen LogP contribution is 2.27. The molecule has 2 rings (SSSR count). The van der Waals surface area contributed by atoms with Crippen molar-refractivity contribution in [2.24, 2.45) is 0 Å². The maximum Gasteiger partial charge on any atom is 0.178 e. The summed E-state index contributed by atoms with van der Waals surface area (Å²) in [6, 6.07) is 5.93. The van der Waals surface area contributed by atoms with Gasteiger partial charge in [-0.1, -0.05) is 17.7 Å². The van der Waals surface area contributed by atoms with Crippen molar-refractivity contribution in [2.45, 2.75) is 13.8 Å². The molecule has 0 amide bonds. The molecule has 1 saturated heterocycles. The number of thiocarbonyl (C=S) groups is 1. The van der Waals surface area contributed by atoms with Gasteiger partial charge in [0.2, 0.25) is 0 Å². The smallest absolute Gasteiger partial charge is 0.178 e. The molecule has 0 spiro atoms. The zero-order valence-electron chi connectivity index (χ0n) is 11.0. The summed E-state index contributed by atoms with van der Waals surface area (Å²) in [6.07, 6.45) is 0. The lowest BCUT2D eigenvalue weighted by atomic mass is 10.2. The van der Waals surface area contributed by atoms with Gasteiger partial charge >= 0.3 is 0 Å². The lowest BCUT2D eigenvalue weighted by Crippen LogP contribution is -2.57. The average molecular weight is 284 g/mol. The Kier molecular flexibility index (Phi) is 4.10. The van der Waals surface area contributed by atoms with Crippen molar-refractivity contribution in [2.75, 3.05) is 31.8 Å². The van der Waals surface area contributed by atoms with Crippen LogP contribution in [0.5, 0.6) is 0 Å². The molecule has 3 nitrogen and oxygen atoms in total. The molecule has 0 aliphatic carbocycles. The standard InChI is InChI=1S/C13H18ClN3S/c1-4-16-8-15(3)9-17(13(16)18)12-7-11(14)6-5-10(12)2/h5-7H,4,8-9H2,1-3H3. The molecule has 0 aromatic heterocycles. The van der Waals surface area contributed by atoms with E-state index in [1.165, 1.54) is 5.56 Å². The van der Waals surface area contributed by atoms with Crippen molar-refractivity contribution < 1.29 is 0 Å². The van der Waals surface area contributed by atoms with Crippen molar-refractivity contribution in [3.05, 3.63) is 28.8 Å². The summed E-state index contributed by atoms with van der Waals surface area (Å²) < 4.78 is 0. The lowest BCUT2D eigenvalue weighted by Gasteiger charge is -2.43. The molecule has 1 aromatic rings. The van der Waals surface area contributed by atoms with E-state index >= 15 is 0 Å². The number of aryl methyl sites for hydroxylation is 1. The summed E-state index contributed by atoms with van der Waals surface area (Å²) in [5, 5.41) is 1.62. The van der Waals surface area contributed by atoms with Crippen LogP contribution in [0.15, 0.2) is 18.2 Å². The minimum Gasteiger partial charge on any atom is -0.336 e. The van der Waals surface area contributed by atoms with Gasteiger partial charge in [-0.15, -0.1) is 0 Å². The third-order valence-electron chi connectivity index (χ3n) is 3.14. The fourth-order valence-electron chi connectivity index (χ4n) is 2.16. The molecule has 1 aliphatic rings. The van der Waals surface area contributed by atoms with E-state index in [2.05, 4.69) is 35.6 Å². The predicted octanol–water partition coefficient (Wildman–Crippen LogP) is 2.92. The largest absolute Gasteiger partial charge is 0.336 e. The highest BCUT2D eigenvalue weighted by molar-refractivity contribution is 7.80. The molecule has 0 saturated carbocycles. The van der Waals surface area contributed by atoms with Crippen molar-refractivity contribution >= 4 is 34.6 Å². The Morgan fingerprint density at radius 1 is 1.33 bits per heavy atom. The van der Waals surface area contributed by atoms with Crippen LogP contribution in [0.2, 0.25) is 5.02 Å². The van der Waals surface area contributed by atoms with Gasteiger partial charge in [-0.3, -0.25) is 4.90 Å². The first kappa shape index (κ1) is 13.6. The third-order valence-corrected chi connectivity index (χ3v) is 3.85. The summed E-state index contributed by atoms with van der Waals surface area (Å²) in [6.45, 7) is 6.80. The van der Waals surface area contributed by atoms with Gasteiger partial charge in [0.25, 0.3) is 0 Å². The van der Waals surface area contributed by atoms with Crippen LogP contribution in [0.4, 0.5) is 5.69 Å². The minimum atomic E-state index is 0.745. The molecule has 0 atom stereocenters. The second kappa shape index (κ2) is 5.43. The number of nitrogens with zero attached hydrogens (tertiary/aromatic N) is 3. The molecule has 0 radical (unpaired) electrons. The van der Waals surface area contributed by atoms with Crippen LogP contribution in [0.1, 0.15) is 12.5 Å². The van der Waals surface area contributed by atoms with E-state index in [0.29, 0.717) is 0 Å². The molecule has 18 heavy (non-hydrogen) atoms. The molecule has 98 valence electrons. The van der Waals surface area contributed by atoms with E-state index in [0.717, 1.165) is 35.7 Å². The molecular weight excluding hydrogens is 266 g/mol. The molecule has 5 heteroatoms. The van der Waals surface area contributed by atoms with Crippen LogP contribution < -0.4 is 4.90 Å². The molecule has 1 heterocycles. The fraction of sp³-hybridized carbons (Fsp3) is 0.462. The SMILES string of the molecule is CCN1CN(C)CN(c2cc(Cl)ccc2C)C1=S. The van der Waals surface area contributed by atoms with Gasteiger partial charge in [0.15, 0.2) is 5.11 Å². The first-order chi connectivity index (χ1) is 8.52. The van der Waals surface area contributed by atoms with E-state index < -0.39 is 0 Å². The molecule has 1 aliphatic heterocycles. The number of hydrogen-bond donors (Lipinski definition) is 0. The van der Waals surface area contributed by atoms with E-state index in [4.69, 9.17) is 23.8 Å². The number of anilines is 1. The Morgan fingerprint density at radius 3 is 2.72 bits per heavy atom. The second-order valence-corrected chi connectivity index (χ2v) is 5.44. The van der Waals surface area contributed by atoms with Crippen LogP contribution in [-0.2, 0) is 0 Å².